The van der Waals surface area contributed by atoms with Crippen molar-refractivity contribution in [2.24, 2.45) is 0 Å². The summed E-state index contributed by atoms with van der Waals surface area (Å²) in [6.45, 7) is 0.990. The van der Waals surface area contributed by atoms with Crippen LogP contribution in [0, 0.1) is 0 Å². The number of nitrogens with one attached hydrogen (secondary N) is 1. The van der Waals surface area contributed by atoms with E-state index in [1.165, 1.54) is 0 Å². The molecule has 0 bridgehead atoms. The van der Waals surface area contributed by atoms with Gasteiger partial charge in [0.2, 0.25) is 11.6 Å². The van der Waals surface area contributed by atoms with Crippen LogP contribution in [0.15, 0.2) is 34.9 Å². The zero-order chi connectivity index (χ0) is 21.2. The van der Waals surface area contributed by atoms with E-state index in [1.54, 1.807) is 29.2 Å². The Balaban J connectivity index is 1.67. The number of fused-ring (bicyclic) bond motifs is 3. The number of carbonyl (C=O) groups is 3. The number of likely N-dealkylation sites (tertiary alicyclic amines) is 1. The smallest absolute Gasteiger partial charge is 0.257 e. The van der Waals surface area contributed by atoms with Gasteiger partial charge >= 0.3 is 0 Å². The highest BCUT2D eigenvalue weighted by Crippen LogP contribution is 2.45. The number of hydrogen-bond acceptors (Lipinski definition) is 7. The zero-order valence-electron chi connectivity index (χ0n) is 16.1. The molecule has 30 heavy (non-hydrogen) atoms. The lowest BCUT2D eigenvalue weighted by atomic mass is 9.83. The second kappa shape index (κ2) is 6.43. The number of amides is 1. The van der Waals surface area contributed by atoms with Crippen molar-refractivity contribution in [3.05, 3.63) is 58.5 Å². The van der Waals surface area contributed by atoms with Gasteiger partial charge < -0.3 is 24.8 Å². The second-order valence-electron chi connectivity index (χ2n) is 7.53. The number of aromatic hydroxyl groups is 2. The molecular weight excluding hydrogens is 388 g/mol. The van der Waals surface area contributed by atoms with Gasteiger partial charge in [-0.15, -0.1) is 0 Å². The van der Waals surface area contributed by atoms with Crippen molar-refractivity contribution in [2.45, 2.75) is 12.5 Å². The molecule has 1 aromatic heterocycles. The lowest BCUT2D eigenvalue weighted by molar-refractivity contribution is 0.0784. The molecule has 5 rings (SSSR count). The third-order valence-electron chi connectivity index (χ3n) is 5.95. The number of carbonyl (C=O) groups excluding carboxylic acids is 3. The molecule has 2 aromatic carbocycles. The van der Waals surface area contributed by atoms with E-state index in [2.05, 4.69) is 5.32 Å². The molecular formula is C22H18N2O6. The lowest BCUT2D eigenvalue weighted by Crippen LogP contribution is -2.34. The molecule has 1 fully saturated rings. The number of hydrogen-bond donors (Lipinski definition) is 3. The van der Waals surface area contributed by atoms with Crippen LogP contribution in [-0.4, -0.2) is 58.8 Å². The Kier molecular flexibility index (Phi) is 3.94. The average Bonchev–Trinajstić information content (AvgIpc) is 3.42. The Labute approximate surface area is 170 Å². The molecule has 0 spiro atoms. The number of phenolic OH excluding ortho intramolecular Hbond substituents is 2. The van der Waals surface area contributed by atoms with Gasteiger partial charge in [-0.25, -0.2) is 0 Å². The molecule has 0 saturated carbocycles. The molecule has 1 saturated heterocycles. The van der Waals surface area contributed by atoms with Gasteiger partial charge in [0.1, 0.15) is 17.8 Å². The Morgan fingerprint density at radius 2 is 1.70 bits per heavy atom. The van der Waals surface area contributed by atoms with E-state index in [1.807, 2.05) is 7.05 Å². The van der Waals surface area contributed by atoms with Crippen LogP contribution in [-0.2, 0) is 0 Å². The molecule has 0 unspecified atom stereocenters. The fourth-order valence-electron chi connectivity index (χ4n) is 4.34. The highest BCUT2D eigenvalue weighted by molar-refractivity contribution is 6.33. The summed E-state index contributed by atoms with van der Waals surface area (Å²) in [6, 6.07) is 6.53. The normalized spacial score (nSPS) is 18.0. The van der Waals surface area contributed by atoms with Crippen LogP contribution in [0.2, 0.25) is 0 Å². The SMILES string of the molecule is CN[C@H]1CCN(C(=O)c2coc3c2C(=O)c2c(c(O)c4ccccc4c2O)C3=O)C1. The van der Waals surface area contributed by atoms with Crippen LogP contribution in [0.3, 0.4) is 0 Å². The highest BCUT2D eigenvalue weighted by Gasteiger charge is 2.42. The van der Waals surface area contributed by atoms with Gasteiger partial charge in [0.25, 0.3) is 5.91 Å². The fraction of sp³-hybridized carbons (Fsp3) is 0.227. The summed E-state index contributed by atoms with van der Waals surface area (Å²) >= 11 is 0. The zero-order valence-corrected chi connectivity index (χ0v) is 16.1. The minimum absolute atomic E-state index is 0.0159. The van der Waals surface area contributed by atoms with Gasteiger partial charge in [-0.1, -0.05) is 24.3 Å². The first-order valence-electron chi connectivity index (χ1n) is 9.58. The second-order valence-corrected chi connectivity index (χ2v) is 7.53. The largest absolute Gasteiger partial charge is 0.506 e. The van der Waals surface area contributed by atoms with Gasteiger partial charge in [0.15, 0.2) is 5.76 Å². The summed E-state index contributed by atoms with van der Waals surface area (Å²) < 4.78 is 5.34. The Hall–Kier alpha value is -3.65. The quantitative estimate of drug-likeness (QED) is 0.436. The van der Waals surface area contributed by atoms with Crippen LogP contribution < -0.4 is 5.32 Å². The number of benzene rings is 2. The van der Waals surface area contributed by atoms with Gasteiger partial charge in [-0.05, 0) is 13.5 Å². The molecule has 8 nitrogen and oxygen atoms in total. The summed E-state index contributed by atoms with van der Waals surface area (Å²) in [6.07, 6.45) is 1.88. The van der Waals surface area contributed by atoms with Crippen LogP contribution in [0.4, 0.5) is 0 Å². The van der Waals surface area contributed by atoms with E-state index >= 15 is 0 Å². The van der Waals surface area contributed by atoms with Gasteiger partial charge in [-0.2, -0.15) is 0 Å². The molecule has 1 amide bonds. The van der Waals surface area contributed by atoms with E-state index in [9.17, 15) is 24.6 Å². The third-order valence-corrected chi connectivity index (χ3v) is 5.95. The van der Waals surface area contributed by atoms with E-state index in [-0.39, 0.29) is 44.8 Å². The molecule has 3 N–H and O–H groups in total. The maximum atomic E-state index is 13.3. The van der Waals surface area contributed by atoms with Gasteiger partial charge in [-0.3, -0.25) is 14.4 Å². The monoisotopic (exact) mass is 406 g/mol. The molecule has 8 heteroatoms. The Morgan fingerprint density at radius 3 is 2.30 bits per heavy atom. The summed E-state index contributed by atoms with van der Waals surface area (Å²) in [5.41, 5.74) is -0.810. The Bertz CT molecular complexity index is 1260. The number of nitrogens with zero attached hydrogens (tertiary/aromatic N) is 1. The van der Waals surface area contributed by atoms with Crippen LogP contribution in [0.25, 0.3) is 10.8 Å². The summed E-state index contributed by atoms with van der Waals surface area (Å²) in [5, 5.41) is 25.0. The molecule has 1 aliphatic carbocycles. The van der Waals surface area contributed by atoms with Crippen molar-refractivity contribution in [1.29, 1.82) is 0 Å². The van der Waals surface area contributed by atoms with Crippen molar-refractivity contribution in [1.82, 2.24) is 10.2 Å². The van der Waals surface area contributed by atoms with E-state index in [4.69, 9.17) is 4.42 Å². The van der Waals surface area contributed by atoms with Crippen LogP contribution in [0.1, 0.15) is 48.8 Å². The first kappa shape index (κ1) is 18.4. The van der Waals surface area contributed by atoms with Crippen molar-refractivity contribution >= 4 is 28.2 Å². The first-order valence-corrected chi connectivity index (χ1v) is 9.58. The summed E-state index contributed by atoms with van der Waals surface area (Å²) in [4.78, 5) is 41.0. The molecule has 1 atom stereocenters. The summed E-state index contributed by atoms with van der Waals surface area (Å²) in [7, 11) is 1.82. The number of phenols is 2. The molecule has 1 aliphatic heterocycles. The maximum Gasteiger partial charge on any atom is 0.257 e. The lowest BCUT2D eigenvalue weighted by Gasteiger charge is -2.20. The average molecular weight is 406 g/mol. The third kappa shape index (κ3) is 2.34. The van der Waals surface area contributed by atoms with Crippen molar-refractivity contribution in [3.8, 4) is 11.5 Å². The number of furan rings is 1. The maximum absolute atomic E-state index is 13.3. The fourth-order valence-corrected chi connectivity index (χ4v) is 4.34. The van der Waals surface area contributed by atoms with Crippen molar-refractivity contribution in [2.75, 3.05) is 20.1 Å². The van der Waals surface area contributed by atoms with E-state index < -0.39 is 29.0 Å². The molecule has 0 radical (unpaired) electrons. The molecule has 2 heterocycles. The molecule has 152 valence electrons. The topological polar surface area (TPSA) is 120 Å². The first-order chi connectivity index (χ1) is 14.4. The predicted octanol–water partition coefficient (Wildman–Crippen LogP) is 2.05. The number of ketones is 2. The van der Waals surface area contributed by atoms with E-state index in [0.29, 0.717) is 13.1 Å². The van der Waals surface area contributed by atoms with Crippen molar-refractivity contribution < 1.29 is 29.0 Å². The van der Waals surface area contributed by atoms with Crippen LogP contribution in [0.5, 0.6) is 11.5 Å². The van der Waals surface area contributed by atoms with Crippen LogP contribution >= 0.6 is 0 Å². The highest BCUT2D eigenvalue weighted by atomic mass is 16.3. The number of rotatable bonds is 2. The predicted molar refractivity (Wildman–Crippen MR) is 106 cm³/mol. The van der Waals surface area contributed by atoms with Gasteiger partial charge in [0, 0.05) is 29.9 Å². The van der Waals surface area contributed by atoms with E-state index in [0.717, 1.165) is 12.7 Å². The standard InChI is InChI=1S/C22H18N2O6/c1-23-10-6-7-24(8-10)22(29)13-9-30-21-14(13)19(27)15-16(20(21)28)18(26)12-5-3-2-4-11(12)17(15)25/h2-5,9-10,23,25-26H,6-8H2,1H3/t10-/m0/s1. The number of likely N-dealkylation sites (N-methyl/N-ethyl adjacent to an activating group) is 1. The molecule has 3 aromatic rings. The molecule has 2 aliphatic rings. The Morgan fingerprint density at radius 1 is 1.07 bits per heavy atom. The minimum Gasteiger partial charge on any atom is -0.506 e. The minimum atomic E-state index is -0.744. The van der Waals surface area contributed by atoms with Gasteiger partial charge in [0.05, 0.1) is 22.3 Å². The summed E-state index contributed by atoms with van der Waals surface area (Å²) in [5.74, 6) is -2.98. The van der Waals surface area contributed by atoms with Crippen molar-refractivity contribution in [3.63, 3.8) is 0 Å².